The molecule has 0 fully saturated rings. The van der Waals surface area contributed by atoms with Crippen LogP contribution >= 0.6 is 0 Å². The number of benzene rings is 3. The van der Waals surface area contributed by atoms with Gasteiger partial charge >= 0.3 is 0 Å². The maximum absolute atomic E-state index is 14.2. The molecule has 0 unspecified atom stereocenters. The molecule has 3 aromatic rings. The molecule has 3 aromatic carbocycles. The Bertz CT molecular complexity index is 976. The van der Waals surface area contributed by atoms with Crippen molar-refractivity contribution in [3.05, 3.63) is 83.4 Å². The van der Waals surface area contributed by atoms with Crippen molar-refractivity contribution in [3.8, 4) is 11.5 Å². The van der Waals surface area contributed by atoms with E-state index in [4.69, 9.17) is 9.47 Å². The first-order valence-corrected chi connectivity index (χ1v) is 8.22. The fourth-order valence-electron chi connectivity index (χ4n) is 2.53. The summed E-state index contributed by atoms with van der Waals surface area (Å²) in [5, 5.41) is 0.516. The molecule has 6 heteroatoms. The number of hydrogen-bond acceptors (Lipinski definition) is 2. The first-order chi connectivity index (χ1) is 13.0. The van der Waals surface area contributed by atoms with Gasteiger partial charge in [0.15, 0.2) is 11.6 Å². The van der Waals surface area contributed by atoms with Crippen molar-refractivity contribution in [2.24, 2.45) is 0 Å². The average molecular weight is 376 g/mol. The fraction of sp³-hybridized carbons (Fsp3) is 0.143. The topological polar surface area (TPSA) is 18.5 Å². The van der Waals surface area contributed by atoms with Gasteiger partial charge in [-0.05, 0) is 36.6 Å². The van der Waals surface area contributed by atoms with Gasteiger partial charge in [-0.3, -0.25) is 0 Å². The molecule has 0 amide bonds. The second kappa shape index (κ2) is 8.12. The molecule has 3 rings (SSSR count). The van der Waals surface area contributed by atoms with E-state index in [9.17, 15) is 17.6 Å². The van der Waals surface area contributed by atoms with Gasteiger partial charge in [0.2, 0.25) is 0 Å². The molecule has 0 saturated heterocycles. The highest BCUT2D eigenvalue weighted by molar-refractivity contribution is 5.84. The van der Waals surface area contributed by atoms with Crippen LogP contribution in [-0.4, -0.2) is 6.61 Å². The molecule has 0 radical (unpaired) electrons. The van der Waals surface area contributed by atoms with Crippen LogP contribution in [-0.2, 0) is 6.61 Å². The Morgan fingerprint density at radius 3 is 2.26 bits per heavy atom. The summed E-state index contributed by atoms with van der Waals surface area (Å²) in [6.45, 7) is 1.66. The summed E-state index contributed by atoms with van der Waals surface area (Å²) in [6.07, 6.45) is 3.47. The Morgan fingerprint density at radius 1 is 0.815 bits per heavy atom. The summed E-state index contributed by atoms with van der Waals surface area (Å²) in [5.74, 6) is -3.13. The molecule has 0 aliphatic carbocycles. The van der Waals surface area contributed by atoms with E-state index in [1.54, 1.807) is 12.2 Å². The van der Waals surface area contributed by atoms with Crippen LogP contribution < -0.4 is 9.47 Å². The lowest BCUT2D eigenvalue weighted by molar-refractivity contribution is 0.291. The number of fused-ring (bicyclic) bond motifs is 1. The Hall–Kier alpha value is -3.02. The fourth-order valence-corrected chi connectivity index (χ4v) is 2.53. The van der Waals surface area contributed by atoms with Crippen LogP contribution in [0.1, 0.15) is 12.5 Å². The molecule has 0 atom stereocenters. The average Bonchev–Trinajstić information content (AvgIpc) is 2.64. The van der Waals surface area contributed by atoms with Crippen molar-refractivity contribution in [2.45, 2.75) is 13.5 Å². The van der Waals surface area contributed by atoms with E-state index in [-0.39, 0.29) is 35.7 Å². The zero-order valence-corrected chi connectivity index (χ0v) is 14.4. The van der Waals surface area contributed by atoms with Gasteiger partial charge < -0.3 is 9.47 Å². The van der Waals surface area contributed by atoms with Crippen LogP contribution in [0.2, 0.25) is 0 Å². The summed E-state index contributed by atoms with van der Waals surface area (Å²) in [7, 11) is 0. The van der Waals surface area contributed by atoms with Crippen LogP contribution in [0.25, 0.3) is 10.8 Å². The summed E-state index contributed by atoms with van der Waals surface area (Å²) in [4.78, 5) is 0. The van der Waals surface area contributed by atoms with E-state index >= 15 is 0 Å². The molecule has 2 nitrogen and oxygen atoms in total. The lowest BCUT2D eigenvalue weighted by Gasteiger charge is -2.11. The third kappa shape index (κ3) is 4.22. The first-order valence-electron chi connectivity index (χ1n) is 8.22. The third-order valence-corrected chi connectivity index (χ3v) is 3.96. The lowest BCUT2D eigenvalue weighted by Crippen LogP contribution is -2.04. The van der Waals surface area contributed by atoms with Gasteiger partial charge in [-0.2, -0.15) is 0 Å². The van der Waals surface area contributed by atoms with Gasteiger partial charge in [-0.1, -0.05) is 18.2 Å². The smallest absolute Gasteiger partial charge is 0.166 e. The maximum atomic E-state index is 14.2. The van der Waals surface area contributed by atoms with Crippen molar-refractivity contribution in [2.75, 3.05) is 6.61 Å². The Morgan fingerprint density at radius 2 is 1.56 bits per heavy atom. The zero-order valence-electron chi connectivity index (χ0n) is 14.4. The van der Waals surface area contributed by atoms with Gasteiger partial charge in [-0.15, -0.1) is 0 Å². The number of allylic oxidation sites excluding steroid dienone is 1. The highest BCUT2D eigenvalue weighted by atomic mass is 19.2. The van der Waals surface area contributed by atoms with Gasteiger partial charge in [-0.25, -0.2) is 17.6 Å². The number of ether oxygens (including phenoxy) is 2. The van der Waals surface area contributed by atoms with Crippen molar-refractivity contribution in [3.63, 3.8) is 0 Å². The predicted molar refractivity (Wildman–Crippen MR) is 94.9 cm³/mol. The van der Waals surface area contributed by atoms with Crippen LogP contribution in [0.15, 0.2) is 54.6 Å². The maximum Gasteiger partial charge on any atom is 0.166 e. The normalized spacial score (nSPS) is 11.3. The molecule has 0 saturated carbocycles. The molecule has 140 valence electrons. The van der Waals surface area contributed by atoms with E-state index in [2.05, 4.69) is 0 Å². The Balaban J connectivity index is 1.76. The zero-order chi connectivity index (χ0) is 19.4. The SMILES string of the molecule is CC=CCOc1cc(F)c(COc2ccc3c(F)c(F)ccc3c2)c(F)c1. The van der Waals surface area contributed by atoms with E-state index in [1.165, 1.54) is 24.3 Å². The Labute approximate surface area is 153 Å². The van der Waals surface area contributed by atoms with Crippen LogP contribution in [0, 0.1) is 23.3 Å². The van der Waals surface area contributed by atoms with E-state index in [1.807, 2.05) is 6.92 Å². The van der Waals surface area contributed by atoms with Crippen molar-refractivity contribution in [1.82, 2.24) is 0 Å². The minimum absolute atomic E-state index is 0.0788. The second-order valence-electron chi connectivity index (χ2n) is 5.78. The molecule has 0 aliphatic heterocycles. The summed E-state index contributed by atoms with van der Waals surface area (Å²) in [6, 6.07) is 8.82. The Kier molecular flexibility index (Phi) is 5.64. The number of halogens is 4. The van der Waals surface area contributed by atoms with E-state index in [0.717, 1.165) is 18.2 Å². The standard InChI is InChI=1S/C21H16F4O2/c1-2-3-8-26-15-10-19(23)17(20(24)11-15)12-27-14-5-6-16-13(9-14)4-7-18(22)21(16)25/h2-7,9-11H,8,12H2,1H3. The highest BCUT2D eigenvalue weighted by Gasteiger charge is 2.13. The summed E-state index contributed by atoms with van der Waals surface area (Å²) >= 11 is 0. The molecule has 0 bridgehead atoms. The van der Waals surface area contributed by atoms with Crippen molar-refractivity contribution >= 4 is 10.8 Å². The van der Waals surface area contributed by atoms with E-state index < -0.39 is 23.3 Å². The van der Waals surface area contributed by atoms with E-state index in [0.29, 0.717) is 5.39 Å². The monoisotopic (exact) mass is 376 g/mol. The first kappa shape index (κ1) is 18.8. The molecule has 0 spiro atoms. The number of hydrogen-bond donors (Lipinski definition) is 0. The quantitative estimate of drug-likeness (QED) is 0.392. The van der Waals surface area contributed by atoms with Gasteiger partial charge in [0.25, 0.3) is 0 Å². The summed E-state index contributed by atoms with van der Waals surface area (Å²) in [5.41, 5.74) is -0.251. The third-order valence-electron chi connectivity index (χ3n) is 3.96. The molecular weight excluding hydrogens is 360 g/mol. The second-order valence-corrected chi connectivity index (χ2v) is 5.78. The highest BCUT2D eigenvalue weighted by Crippen LogP contribution is 2.27. The van der Waals surface area contributed by atoms with Crippen LogP contribution in [0.5, 0.6) is 11.5 Å². The van der Waals surface area contributed by atoms with Crippen LogP contribution in [0.4, 0.5) is 17.6 Å². The van der Waals surface area contributed by atoms with Crippen molar-refractivity contribution < 1.29 is 27.0 Å². The molecule has 0 aliphatic rings. The molecular formula is C21H16F4O2. The molecule has 27 heavy (non-hydrogen) atoms. The van der Waals surface area contributed by atoms with Crippen LogP contribution in [0.3, 0.4) is 0 Å². The van der Waals surface area contributed by atoms with Gasteiger partial charge in [0.05, 0.1) is 5.56 Å². The van der Waals surface area contributed by atoms with Gasteiger partial charge in [0, 0.05) is 17.5 Å². The lowest BCUT2D eigenvalue weighted by atomic mass is 10.1. The predicted octanol–water partition coefficient (Wildman–Crippen LogP) is 5.93. The van der Waals surface area contributed by atoms with Gasteiger partial charge in [0.1, 0.15) is 36.3 Å². The molecule has 0 N–H and O–H groups in total. The largest absolute Gasteiger partial charge is 0.489 e. The molecule has 0 heterocycles. The van der Waals surface area contributed by atoms with Crippen molar-refractivity contribution in [1.29, 1.82) is 0 Å². The minimum Gasteiger partial charge on any atom is -0.489 e. The molecule has 0 aromatic heterocycles. The minimum atomic E-state index is -0.954. The number of rotatable bonds is 6. The summed E-state index contributed by atoms with van der Waals surface area (Å²) < 4.78 is 65.9.